The first kappa shape index (κ1) is 15.5. The molecule has 0 bridgehead atoms. The van der Waals surface area contributed by atoms with Gasteiger partial charge in [-0.3, -0.25) is 4.79 Å². The second-order valence-electron chi connectivity index (χ2n) is 5.50. The highest BCUT2D eigenvalue weighted by Crippen LogP contribution is 2.19. The zero-order valence-corrected chi connectivity index (χ0v) is 13.9. The van der Waals surface area contributed by atoms with E-state index in [0.717, 1.165) is 41.8 Å². The quantitative estimate of drug-likeness (QED) is 0.914. The summed E-state index contributed by atoms with van der Waals surface area (Å²) >= 11 is 3.45. The van der Waals surface area contributed by atoms with E-state index in [9.17, 15) is 4.79 Å². The van der Waals surface area contributed by atoms with Crippen molar-refractivity contribution in [1.29, 1.82) is 0 Å². The first-order valence-electron chi connectivity index (χ1n) is 7.38. The molecule has 4 heteroatoms. The number of carbonyl (C=O) groups excluding carboxylic acids is 1. The molecule has 0 radical (unpaired) electrons. The highest BCUT2D eigenvalue weighted by atomic mass is 79.9. The van der Waals surface area contributed by atoms with Crippen molar-refractivity contribution in [1.82, 2.24) is 10.2 Å². The van der Waals surface area contributed by atoms with Crippen molar-refractivity contribution < 1.29 is 4.79 Å². The SMILES string of the molecule is CCN(CC1CCNCC1)C(=O)c1ccc(Br)cc1C. The standard InChI is InChI=1S/C16H23BrN2O/c1-3-19(11-13-6-8-18-9-7-13)16(20)15-5-4-14(17)10-12(15)2/h4-5,10,13,18H,3,6-9,11H2,1-2H3. The van der Waals surface area contributed by atoms with Gasteiger partial charge in [0.05, 0.1) is 0 Å². The molecule has 0 saturated carbocycles. The van der Waals surface area contributed by atoms with E-state index in [4.69, 9.17) is 0 Å². The zero-order chi connectivity index (χ0) is 14.5. The van der Waals surface area contributed by atoms with Gasteiger partial charge in [-0.25, -0.2) is 0 Å². The maximum Gasteiger partial charge on any atom is 0.254 e. The van der Waals surface area contributed by atoms with Gasteiger partial charge in [0.15, 0.2) is 0 Å². The second-order valence-corrected chi connectivity index (χ2v) is 6.41. The molecule has 1 aliphatic rings. The number of halogens is 1. The molecule has 1 heterocycles. The van der Waals surface area contributed by atoms with Crippen LogP contribution in [0.2, 0.25) is 0 Å². The van der Waals surface area contributed by atoms with Gasteiger partial charge in [-0.2, -0.15) is 0 Å². The Labute approximate surface area is 129 Å². The van der Waals surface area contributed by atoms with Crippen LogP contribution in [0.15, 0.2) is 22.7 Å². The van der Waals surface area contributed by atoms with Crippen molar-refractivity contribution >= 4 is 21.8 Å². The lowest BCUT2D eigenvalue weighted by Crippen LogP contribution is -2.39. The maximum absolute atomic E-state index is 12.7. The molecule has 1 aliphatic heterocycles. The summed E-state index contributed by atoms with van der Waals surface area (Å²) in [5.74, 6) is 0.798. The fourth-order valence-corrected chi connectivity index (χ4v) is 3.24. The number of hydrogen-bond acceptors (Lipinski definition) is 2. The summed E-state index contributed by atoms with van der Waals surface area (Å²) in [5.41, 5.74) is 1.86. The number of rotatable bonds is 4. The number of aryl methyl sites for hydroxylation is 1. The first-order valence-corrected chi connectivity index (χ1v) is 8.17. The molecule has 110 valence electrons. The summed E-state index contributed by atoms with van der Waals surface area (Å²) in [5, 5.41) is 3.37. The zero-order valence-electron chi connectivity index (χ0n) is 12.3. The Balaban J connectivity index is 2.07. The van der Waals surface area contributed by atoms with E-state index < -0.39 is 0 Å². The van der Waals surface area contributed by atoms with Crippen molar-refractivity contribution in [3.8, 4) is 0 Å². The number of hydrogen-bond donors (Lipinski definition) is 1. The number of piperidine rings is 1. The van der Waals surface area contributed by atoms with Crippen LogP contribution in [0.1, 0.15) is 35.7 Å². The van der Waals surface area contributed by atoms with Gasteiger partial charge in [-0.15, -0.1) is 0 Å². The highest BCUT2D eigenvalue weighted by Gasteiger charge is 2.21. The van der Waals surface area contributed by atoms with Crippen LogP contribution >= 0.6 is 15.9 Å². The number of nitrogens with one attached hydrogen (secondary N) is 1. The summed E-state index contributed by atoms with van der Waals surface area (Å²) in [6, 6.07) is 5.87. The maximum atomic E-state index is 12.7. The third-order valence-corrected chi connectivity index (χ3v) is 4.52. The third kappa shape index (κ3) is 3.83. The van der Waals surface area contributed by atoms with Gasteiger partial charge in [0.2, 0.25) is 0 Å². The number of amides is 1. The molecule has 3 nitrogen and oxygen atoms in total. The molecule has 1 amide bonds. The van der Waals surface area contributed by atoms with Gasteiger partial charge in [-0.05, 0) is 69.5 Å². The van der Waals surface area contributed by atoms with E-state index in [0.29, 0.717) is 5.92 Å². The van der Waals surface area contributed by atoms with Crippen LogP contribution in [0.3, 0.4) is 0 Å². The van der Waals surface area contributed by atoms with Gasteiger partial charge >= 0.3 is 0 Å². The van der Waals surface area contributed by atoms with E-state index in [-0.39, 0.29) is 5.91 Å². The molecule has 0 unspecified atom stereocenters. The Kier molecular flexibility index (Phi) is 5.61. The van der Waals surface area contributed by atoms with E-state index in [1.54, 1.807) is 0 Å². The Bertz CT molecular complexity index is 470. The van der Waals surface area contributed by atoms with Crippen LogP contribution in [0.5, 0.6) is 0 Å². The number of nitrogens with zero attached hydrogens (tertiary/aromatic N) is 1. The van der Waals surface area contributed by atoms with Crippen molar-refractivity contribution in [3.05, 3.63) is 33.8 Å². The Morgan fingerprint density at radius 1 is 1.40 bits per heavy atom. The Morgan fingerprint density at radius 2 is 2.10 bits per heavy atom. The number of carbonyl (C=O) groups is 1. The average molecular weight is 339 g/mol. The van der Waals surface area contributed by atoms with Gasteiger partial charge in [-0.1, -0.05) is 15.9 Å². The predicted octanol–water partition coefficient (Wildman–Crippen LogP) is 3.22. The highest BCUT2D eigenvalue weighted by molar-refractivity contribution is 9.10. The minimum atomic E-state index is 0.163. The van der Waals surface area contributed by atoms with Crippen molar-refractivity contribution in [2.75, 3.05) is 26.2 Å². The largest absolute Gasteiger partial charge is 0.339 e. The van der Waals surface area contributed by atoms with Crippen LogP contribution in [0, 0.1) is 12.8 Å². The molecular weight excluding hydrogens is 316 g/mol. The minimum Gasteiger partial charge on any atom is -0.339 e. The topological polar surface area (TPSA) is 32.3 Å². The molecule has 0 aromatic heterocycles. The lowest BCUT2D eigenvalue weighted by molar-refractivity contribution is 0.0726. The molecule has 0 aliphatic carbocycles. The van der Waals surface area contributed by atoms with E-state index in [1.165, 1.54) is 12.8 Å². The van der Waals surface area contributed by atoms with E-state index >= 15 is 0 Å². The molecule has 2 rings (SSSR count). The molecular formula is C16H23BrN2O. The van der Waals surface area contributed by atoms with Gasteiger partial charge < -0.3 is 10.2 Å². The number of benzene rings is 1. The van der Waals surface area contributed by atoms with Crippen LogP contribution < -0.4 is 5.32 Å². The smallest absolute Gasteiger partial charge is 0.254 e. The average Bonchev–Trinajstić information content (AvgIpc) is 2.45. The van der Waals surface area contributed by atoms with Crippen LogP contribution in [0.25, 0.3) is 0 Å². The summed E-state index contributed by atoms with van der Waals surface area (Å²) in [7, 11) is 0. The normalized spacial score (nSPS) is 16.1. The first-order chi connectivity index (χ1) is 9.61. The van der Waals surface area contributed by atoms with Gasteiger partial charge in [0.25, 0.3) is 5.91 Å². The fourth-order valence-electron chi connectivity index (χ4n) is 2.77. The Hall–Kier alpha value is -0.870. The third-order valence-electron chi connectivity index (χ3n) is 4.03. The molecule has 0 spiro atoms. The predicted molar refractivity (Wildman–Crippen MR) is 86.1 cm³/mol. The summed E-state index contributed by atoms with van der Waals surface area (Å²) in [6.45, 7) is 7.87. The van der Waals surface area contributed by atoms with Crippen LogP contribution in [-0.4, -0.2) is 37.0 Å². The molecule has 1 aromatic rings. The minimum absolute atomic E-state index is 0.163. The lowest BCUT2D eigenvalue weighted by atomic mass is 9.97. The van der Waals surface area contributed by atoms with Crippen molar-refractivity contribution in [2.24, 2.45) is 5.92 Å². The molecule has 0 atom stereocenters. The monoisotopic (exact) mass is 338 g/mol. The molecule has 1 fully saturated rings. The summed E-state index contributed by atoms with van der Waals surface area (Å²) < 4.78 is 1.02. The summed E-state index contributed by atoms with van der Waals surface area (Å²) in [4.78, 5) is 14.7. The van der Waals surface area contributed by atoms with Gasteiger partial charge in [0.1, 0.15) is 0 Å². The Morgan fingerprint density at radius 3 is 2.70 bits per heavy atom. The lowest BCUT2D eigenvalue weighted by Gasteiger charge is -2.29. The van der Waals surface area contributed by atoms with Crippen LogP contribution in [0.4, 0.5) is 0 Å². The summed E-state index contributed by atoms with van der Waals surface area (Å²) in [6.07, 6.45) is 2.34. The molecule has 1 N–H and O–H groups in total. The second kappa shape index (κ2) is 7.23. The molecule has 20 heavy (non-hydrogen) atoms. The fraction of sp³-hybridized carbons (Fsp3) is 0.562. The van der Waals surface area contributed by atoms with Crippen molar-refractivity contribution in [2.45, 2.75) is 26.7 Å². The van der Waals surface area contributed by atoms with E-state index in [2.05, 4.69) is 28.2 Å². The molecule has 1 saturated heterocycles. The van der Waals surface area contributed by atoms with Crippen LogP contribution in [-0.2, 0) is 0 Å². The van der Waals surface area contributed by atoms with Gasteiger partial charge in [0, 0.05) is 23.1 Å². The van der Waals surface area contributed by atoms with Crippen molar-refractivity contribution in [3.63, 3.8) is 0 Å². The molecule has 1 aromatic carbocycles. The van der Waals surface area contributed by atoms with E-state index in [1.807, 2.05) is 30.0 Å².